The maximum absolute atomic E-state index is 12.7. The lowest BCUT2D eigenvalue weighted by atomic mass is 10.1. The molecule has 0 radical (unpaired) electrons. The average Bonchev–Trinajstić information content (AvgIpc) is 2.95. The van der Waals surface area contributed by atoms with E-state index >= 15 is 0 Å². The zero-order valence-corrected chi connectivity index (χ0v) is 15.7. The van der Waals surface area contributed by atoms with Gasteiger partial charge in [0.05, 0.1) is 11.4 Å². The maximum atomic E-state index is 12.7. The smallest absolute Gasteiger partial charge is 0.246 e. The first-order valence-electron chi connectivity index (χ1n) is 8.51. The van der Waals surface area contributed by atoms with Crippen LogP contribution in [0.25, 0.3) is 0 Å². The van der Waals surface area contributed by atoms with Gasteiger partial charge >= 0.3 is 0 Å². The van der Waals surface area contributed by atoms with Crippen LogP contribution in [-0.2, 0) is 14.8 Å². The van der Waals surface area contributed by atoms with Crippen LogP contribution in [0.3, 0.4) is 0 Å². The standard InChI is InChI=1S/C19H23N3O3S/c1-21(2)18(15-7-4-3-5-8-15)19(23)20-16-9-11-17(12-10-16)22-13-6-14-26(22,24)25/h3-5,7-12,18H,6,13-14H2,1-2H3,(H,20,23). The van der Waals surface area contributed by atoms with Crippen LogP contribution >= 0.6 is 0 Å². The van der Waals surface area contributed by atoms with Crippen LogP contribution in [0.15, 0.2) is 54.6 Å². The number of likely N-dealkylation sites (N-methyl/N-ethyl adjacent to an activating group) is 1. The van der Waals surface area contributed by atoms with Gasteiger partial charge in [-0.3, -0.25) is 14.0 Å². The highest BCUT2D eigenvalue weighted by Crippen LogP contribution is 2.26. The van der Waals surface area contributed by atoms with E-state index in [9.17, 15) is 13.2 Å². The van der Waals surface area contributed by atoms with Crippen molar-refractivity contribution in [3.05, 3.63) is 60.2 Å². The molecule has 26 heavy (non-hydrogen) atoms. The summed E-state index contributed by atoms with van der Waals surface area (Å²) in [5.74, 6) is 0.0512. The molecule has 7 heteroatoms. The molecule has 2 aromatic rings. The lowest BCUT2D eigenvalue weighted by Crippen LogP contribution is -2.32. The minimum Gasteiger partial charge on any atom is -0.324 e. The highest BCUT2D eigenvalue weighted by Gasteiger charge is 2.28. The average molecular weight is 373 g/mol. The van der Waals surface area contributed by atoms with Crippen molar-refractivity contribution in [2.75, 3.05) is 36.0 Å². The molecule has 1 fully saturated rings. The molecule has 1 aliphatic heterocycles. The summed E-state index contributed by atoms with van der Waals surface area (Å²) in [7, 11) is 0.522. The molecule has 138 valence electrons. The summed E-state index contributed by atoms with van der Waals surface area (Å²) in [5, 5.41) is 2.91. The highest BCUT2D eigenvalue weighted by molar-refractivity contribution is 7.93. The Kier molecular flexibility index (Phi) is 5.29. The van der Waals surface area contributed by atoms with Crippen molar-refractivity contribution in [1.82, 2.24) is 4.90 Å². The van der Waals surface area contributed by atoms with Crippen LogP contribution in [-0.4, -0.2) is 45.6 Å². The van der Waals surface area contributed by atoms with Gasteiger partial charge in [0.2, 0.25) is 15.9 Å². The summed E-state index contributed by atoms with van der Waals surface area (Å²) >= 11 is 0. The van der Waals surface area contributed by atoms with Gasteiger partial charge in [0, 0.05) is 12.2 Å². The van der Waals surface area contributed by atoms with Gasteiger partial charge in [-0.2, -0.15) is 0 Å². The molecule has 1 aliphatic rings. The number of rotatable bonds is 5. The van der Waals surface area contributed by atoms with Crippen LogP contribution in [0.1, 0.15) is 18.0 Å². The van der Waals surface area contributed by atoms with E-state index in [1.54, 1.807) is 24.3 Å². The number of carbonyl (C=O) groups is 1. The van der Waals surface area contributed by atoms with Crippen molar-refractivity contribution in [1.29, 1.82) is 0 Å². The summed E-state index contributed by atoms with van der Waals surface area (Å²) in [4.78, 5) is 14.6. The number of hydrogen-bond donors (Lipinski definition) is 1. The maximum Gasteiger partial charge on any atom is 0.246 e. The fourth-order valence-corrected chi connectivity index (χ4v) is 4.74. The second-order valence-corrected chi connectivity index (χ2v) is 8.57. The monoisotopic (exact) mass is 373 g/mol. The predicted molar refractivity (Wildman–Crippen MR) is 104 cm³/mol. The largest absolute Gasteiger partial charge is 0.324 e. The van der Waals surface area contributed by atoms with Crippen LogP contribution in [0, 0.1) is 0 Å². The number of hydrogen-bond acceptors (Lipinski definition) is 4. The number of nitrogens with one attached hydrogen (secondary N) is 1. The molecule has 0 aliphatic carbocycles. The van der Waals surface area contributed by atoms with Crippen LogP contribution in [0.5, 0.6) is 0 Å². The Morgan fingerprint density at radius 3 is 2.27 bits per heavy atom. The summed E-state index contributed by atoms with van der Waals surface area (Å²) in [6.07, 6.45) is 0.641. The van der Waals surface area contributed by atoms with Gasteiger partial charge in [-0.05, 0) is 50.3 Å². The van der Waals surface area contributed by atoms with E-state index in [1.807, 2.05) is 49.3 Å². The van der Waals surface area contributed by atoms with E-state index in [1.165, 1.54) is 4.31 Å². The SMILES string of the molecule is CN(C)C(C(=O)Nc1ccc(N2CCCS2(=O)=O)cc1)c1ccccc1. The Labute approximate surface area is 154 Å². The molecule has 1 unspecified atom stereocenters. The molecular formula is C19H23N3O3S. The molecule has 0 spiro atoms. The number of anilines is 2. The van der Waals surface area contributed by atoms with Crippen LogP contribution < -0.4 is 9.62 Å². The lowest BCUT2D eigenvalue weighted by molar-refractivity contribution is -0.120. The van der Waals surface area contributed by atoms with E-state index in [-0.39, 0.29) is 11.7 Å². The first-order chi connectivity index (χ1) is 12.4. The zero-order chi connectivity index (χ0) is 18.7. The number of amides is 1. The normalized spacial score (nSPS) is 17.3. The summed E-state index contributed by atoms with van der Waals surface area (Å²) in [5.41, 5.74) is 2.18. The third kappa shape index (κ3) is 3.89. The van der Waals surface area contributed by atoms with Crippen molar-refractivity contribution in [2.45, 2.75) is 12.5 Å². The minimum atomic E-state index is -3.20. The topological polar surface area (TPSA) is 69.7 Å². The van der Waals surface area contributed by atoms with E-state index < -0.39 is 16.1 Å². The zero-order valence-electron chi connectivity index (χ0n) is 14.9. The Balaban J connectivity index is 1.75. The summed E-state index contributed by atoms with van der Waals surface area (Å²) in [6, 6.07) is 16.1. The van der Waals surface area contributed by atoms with Gasteiger partial charge < -0.3 is 5.32 Å². The fourth-order valence-electron chi connectivity index (χ4n) is 3.17. The molecular weight excluding hydrogens is 350 g/mol. The van der Waals surface area contributed by atoms with E-state index in [0.717, 1.165) is 5.56 Å². The number of nitrogens with zero attached hydrogens (tertiary/aromatic N) is 2. The van der Waals surface area contributed by atoms with Gasteiger partial charge in [0.25, 0.3) is 0 Å². The van der Waals surface area contributed by atoms with Crippen molar-refractivity contribution in [3.8, 4) is 0 Å². The van der Waals surface area contributed by atoms with Gasteiger partial charge in [-0.15, -0.1) is 0 Å². The Morgan fingerprint density at radius 1 is 1.08 bits per heavy atom. The molecule has 1 atom stereocenters. The molecule has 1 N–H and O–H groups in total. The van der Waals surface area contributed by atoms with Crippen molar-refractivity contribution < 1.29 is 13.2 Å². The van der Waals surface area contributed by atoms with Crippen molar-refractivity contribution in [3.63, 3.8) is 0 Å². The Morgan fingerprint density at radius 2 is 1.73 bits per heavy atom. The lowest BCUT2D eigenvalue weighted by Gasteiger charge is -2.24. The molecule has 0 bridgehead atoms. The molecule has 0 saturated carbocycles. The predicted octanol–water partition coefficient (Wildman–Crippen LogP) is 2.47. The third-order valence-electron chi connectivity index (χ3n) is 4.40. The molecule has 0 aromatic heterocycles. The van der Waals surface area contributed by atoms with Crippen molar-refractivity contribution in [2.24, 2.45) is 0 Å². The van der Waals surface area contributed by atoms with Gasteiger partial charge in [0.15, 0.2) is 0 Å². The first-order valence-corrected chi connectivity index (χ1v) is 10.1. The Hall–Kier alpha value is -2.38. The number of carbonyl (C=O) groups excluding carboxylic acids is 1. The number of sulfonamides is 1. The number of benzene rings is 2. The molecule has 1 amide bonds. The fraction of sp³-hybridized carbons (Fsp3) is 0.316. The quantitative estimate of drug-likeness (QED) is 0.874. The first kappa shape index (κ1) is 18.4. The Bertz CT molecular complexity index is 865. The second kappa shape index (κ2) is 7.47. The minimum absolute atomic E-state index is 0.136. The van der Waals surface area contributed by atoms with Gasteiger partial charge in [0.1, 0.15) is 6.04 Å². The van der Waals surface area contributed by atoms with Gasteiger partial charge in [-0.25, -0.2) is 8.42 Å². The molecule has 1 heterocycles. The van der Waals surface area contributed by atoms with E-state index in [4.69, 9.17) is 0 Å². The van der Waals surface area contributed by atoms with Crippen molar-refractivity contribution >= 4 is 27.3 Å². The molecule has 1 saturated heterocycles. The molecule has 2 aromatic carbocycles. The van der Waals surface area contributed by atoms with Gasteiger partial charge in [-0.1, -0.05) is 30.3 Å². The van der Waals surface area contributed by atoms with Crippen LogP contribution in [0.2, 0.25) is 0 Å². The van der Waals surface area contributed by atoms with E-state index in [2.05, 4.69) is 5.32 Å². The second-order valence-electron chi connectivity index (χ2n) is 6.55. The third-order valence-corrected chi connectivity index (χ3v) is 6.27. The van der Waals surface area contributed by atoms with Crippen LogP contribution in [0.4, 0.5) is 11.4 Å². The summed E-state index contributed by atoms with van der Waals surface area (Å²) < 4.78 is 25.4. The highest BCUT2D eigenvalue weighted by atomic mass is 32.2. The van der Waals surface area contributed by atoms with E-state index in [0.29, 0.717) is 24.3 Å². The molecule has 6 nitrogen and oxygen atoms in total. The summed E-state index contributed by atoms with van der Waals surface area (Å²) in [6.45, 7) is 0.505. The molecule has 3 rings (SSSR count).